The molecule has 2 fully saturated rings. The van der Waals surface area contributed by atoms with E-state index in [4.69, 9.17) is 10.8 Å². The maximum absolute atomic E-state index is 12.9. The van der Waals surface area contributed by atoms with Gasteiger partial charge in [-0.05, 0) is 74.7 Å². The standard InChI is InChI=1S/C19H31BrN6O2S/c1-12-15(20)16(22)26(11-21)17(23-12)25-8-7-19(6-5-13(27)9-19)14(10-25)24-29(28)18(2,3)4/h11,13-14,21-22,24,27H,5-10H2,1-4H3/t13-,14?,19?,29?/m0/s1. The second kappa shape index (κ2) is 8.30. The first-order valence-corrected chi connectivity index (χ1v) is 11.9. The van der Waals surface area contributed by atoms with Crippen molar-refractivity contribution in [2.75, 3.05) is 18.0 Å². The molecule has 2 aliphatic rings. The molecular formula is C19H31BrN6O2S. The summed E-state index contributed by atoms with van der Waals surface area (Å²) in [6.07, 6.45) is 4.02. The molecule has 0 radical (unpaired) electrons. The van der Waals surface area contributed by atoms with Crippen molar-refractivity contribution in [3.8, 4) is 0 Å². The molecule has 29 heavy (non-hydrogen) atoms. The number of halogens is 1. The third-order valence-corrected chi connectivity index (χ3v) is 8.67. The molecule has 1 aromatic rings. The van der Waals surface area contributed by atoms with Crippen LogP contribution in [0.2, 0.25) is 0 Å². The van der Waals surface area contributed by atoms with Crippen LogP contribution in [0.4, 0.5) is 5.95 Å². The summed E-state index contributed by atoms with van der Waals surface area (Å²) in [6.45, 7) is 8.96. The van der Waals surface area contributed by atoms with Gasteiger partial charge in [-0.1, -0.05) is 0 Å². The molecular weight excluding hydrogens is 456 g/mol. The molecule has 0 aromatic carbocycles. The quantitative estimate of drug-likeness (QED) is 0.294. The lowest BCUT2D eigenvalue weighted by molar-refractivity contribution is 0.124. The number of aliphatic hydroxyl groups is 1. The van der Waals surface area contributed by atoms with Gasteiger partial charge in [-0.3, -0.25) is 15.4 Å². The SMILES string of the molecule is Cc1nc(N2CCC3(CC[C@H](O)C3)C(N[S+]([O-])C(C)(C)C)C2)n(C=N)c(=N)c1Br. The normalized spacial score (nSPS) is 28.7. The zero-order chi connectivity index (χ0) is 21.6. The van der Waals surface area contributed by atoms with E-state index in [1.807, 2.05) is 27.7 Å². The minimum Gasteiger partial charge on any atom is -0.598 e. The van der Waals surface area contributed by atoms with Crippen molar-refractivity contribution in [3.63, 3.8) is 0 Å². The van der Waals surface area contributed by atoms with Crippen molar-refractivity contribution in [2.45, 2.75) is 70.3 Å². The summed E-state index contributed by atoms with van der Waals surface area (Å²) in [5.41, 5.74) is 0.782. The number of hydrogen-bond donors (Lipinski definition) is 4. The van der Waals surface area contributed by atoms with Gasteiger partial charge in [-0.2, -0.15) is 0 Å². The Labute approximate surface area is 183 Å². The van der Waals surface area contributed by atoms with Crippen molar-refractivity contribution in [2.24, 2.45) is 5.41 Å². The molecule has 4 N–H and O–H groups in total. The van der Waals surface area contributed by atoms with E-state index in [-0.39, 0.29) is 23.0 Å². The van der Waals surface area contributed by atoms with Gasteiger partial charge >= 0.3 is 0 Å². The van der Waals surface area contributed by atoms with Crippen LogP contribution in [0.15, 0.2) is 4.47 Å². The lowest BCUT2D eigenvalue weighted by Crippen LogP contribution is -2.60. The summed E-state index contributed by atoms with van der Waals surface area (Å²) >= 11 is 2.14. The smallest absolute Gasteiger partial charge is 0.212 e. The Morgan fingerprint density at radius 3 is 2.66 bits per heavy atom. The lowest BCUT2D eigenvalue weighted by Gasteiger charge is -2.47. The minimum atomic E-state index is -1.23. The largest absolute Gasteiger partial charge is 0.598 e. The first-order chi connectivity index (χ1) is 13.5. The van der Waals surface area contributed by atoms with Crippen molar-refractivity contribution in [1.82, 2.24) is 14.3 Å². The predicted octanol–water partition coefficient (Wildman–Crippen LogP) is 2.05. The first kappa shape index (κ1) is 22.7. The molecule has 1 saturated heterocycles. The molecule has 2 heterocycles. The van der Waals surface area contributed by atoms with Gasteiger partial charge in [0, 0.05) is 24.5 Å². The van der Waals surface area contributed by atoms with Gasteiger partial charge in [0.15, 0.2) is 0 Å². The Balaban J connectivity index is 1.95. The molecule has 1 aliphatic heterocycles. The van der Waals surface area contributed by atoms with Crippen LogP contribution in [0, 0.1) is 23.2 Å². The van der Waals surface area contributed by atoms with Gasteiger partial charge in [-0.15, -0.1) is 4.72 Å². The zero-order valence-corrected chi connectivity index (χ0v) is 19.9. The third kappa shape index (κ3) is 4.41. The summed E-state index contributed by atoms with van der Waals surface area (Å²) in [5, 5.41) is 26.3. The van der Waals surface area contributed by atoms with E-state index < -0.39 is 16.1 Å². The van der Waals surface area contributed by atoms with Crippen molar-refractivity contribution in [1.29, 1.82) is 10.8 Å². The Hall–Kier alpha value is -0.940. The summed E-state index contributed by atoms with van der Waals surface area (Å²) in [7, 11) is 0. The van der Waals surface area contributed by atoms with Crippen LogP contribution >= 0.6 is 15.9 Å². The number of nitrogens with zero attached hydrogens (tertiary/aromatic N) is 3. The highest BCUT2D eigenvalue weighted by atomic mass is 79.9. The number of nitrogens with one attached hydrogen (secondary N) is 3. The van der Waals surface area contributed by atoms with Crippen molar-refractivity contribution in [3.05, 3.63) is 15.7 Å². The van der Waals surface area contributed by atoms with E-state index in [1.165, 1.54) is 4.57 Å². The van der Waals surface area contributed by atoms with E-state index >= 15 is 0 Å². The molecule has 1 aliphatic carbocycles. The Morgan fingerprint density at radius 2 is 2.10 bits per heavy atom. The molecule has 1 saturated carbocycles. The van der Waals surface area contributed by atoms with Gasteiger partial charge in [0.2, 0.25) is 5.95 Å². The number of anilines is 1. The number of hydrogen-bond acceptors (Lipinski definition) is 7. The molecule has 3 unspecified atom stereocenters. The lowest BCUT2D eigenvalue weighted by atomic mass is 9.73. The van der Waals surface area contributed by atoms with Crippen LogP contribution in [0.1, 0.15) is 52.1 Å². The zero-order valence-electron chi connectivity index (χ0n) is 17.5. The Bertz CT molecular complexity index is 841. The van der Waals surface area contributed by atoms with Gasteiger partial charge in [0.05, 0.1) is 28.7 Å². The van der Waals surface area contributed by atoms with E-state index in [0.29, 0.717) is 35.6 Å². The maximum Gasteiger partial charge on any atom is 0.212 e. The summed E-state index contributed by atoms with van der Waals surface area (Å²) < 4.78 is 17.9. The molecule has 1 spiro atoms. The monoisotopic (exact) mass is 486 g/mol. The fraction of sp³-hybridized carbons (Fsp3) is 0.737. The second-order valence-corrected chi connectivity index (χ2v) is 12.0. The van der Waals surface area contributed by atoms with E-state index in [1.54, 1.807) is 0 Å². The summed E-state index contributed by atoms with van der Waals surface area (Å²) in [5.74, 6) is 0.549. The van der Waals surface area contributed by atoms with Crippen LogP contribution in [0.3, 0.4) is 0 Å². The summed E-state index contributed by atoms with van der Waals surface area (Å²) in [4.78, 5) is 6.70. The van der Waals surface area contributed by atoms with Crippen LogP contribution in [0.25, 0.3) is 0 Å². The highest BCUT2D eigenvalue weighted by Gasteiger charge is 2.50. The van der Waals surface area contributed by atoms with Gasteiger partial charge in [0.25, 0.3) is 0 Å². The molecule has 0 bridgehead atoms. The average Bonchev–Trinajstić information content (AvgIpc) is 3.02. The topological polar surface area (TPSA) is 124 Å². The number of aliphatic hydroxyl groups excluding tert-OH is 1. The first-order valence-electron chi connectivity index (χ1n) is 9.93. The fourth-order valence-electron chi connectivity index (χ4n) is 4.33. The third-order valence-electron chi connectivity index (χ3n) is 6.11. The molecule has 162 valence electrons. The van der Waals surface area contributed by atoms with E-state index in [0.717, 1.165) is 25.6 Å². The van der Waals surface area contributed by atoms with Crippen molar-refractivity contribution < 1.29 is 9.66 Å². The molecule has 4 atom stereocenters. The van der Waals surface area contributed by atoms with Crippen LogP contribution in [0.5, 0.6) is 0 Å². The molecule has 3 rings (SSSR count). The van der Waals surface area contributed by atoms with Crippen LogP contribution in [-0.2, 0) is 11.4 Å². The van der Waals surface area contributed by atoms with E-state index in [2.05, 4.69) is 30.5 Å². The van der Waals surface area contributed by atoms with Gasteiger partial charge < -0.3 is 14.6 Å². The van der Waals surface area contributed by atoms with E-state index in [9.17, 15) is 9.66 Å². The van der Waals surface area contributed by atoms with Gasteiger partial charge in [-0.25, -0.2) is 4.98 Å². The molecule has 0 amide bonds. The molecule has 1 aromatic heterocycles. The number of aryl methyl sites for hydroxylation is 1. The van der Waals surface area contributed by atoms with Crippen molar-refractivity contribution >= 4 is 39.6 Å². The highest BCUT2D eigenvalue weighted by Crippen LogP contribution is 2.47. The fourth-order valence-corrected chi connectivity index (χ4v) is 5.55. The summed E-state index contributed by atoms with van der Waals surface area (Å²) in [6, 6.07) is -0.0763. The number of aromatic nitrogens is 2. The molecule has 10 heteroatoms. The van der Waals surface area contributed by atoms with Gasteiger partial charge in [0.1, 0.15) is 10.2 Å². The van der Waals surface area contributed by atoms with Crippen LogP contribution < -0.4 is 15.1 Å². The van der Waals surface area contributed by atoms with Crippen LogP contribution in [-0.4, -0.2) is 55.5 Å². The molecule has 8 nitrogen and oxygen atoms in total. The second-order valence-electron chi connectivity index (χ2n) is 9.17. The minimum absolute atomic E-state index is 0.0763. The Kier molecular flexibility index (Phi) is 6.51. The maximum atomic E-state index is 12.9. The average molecular weight is 487 g/mol. The number of rotatable bonds is 4. The number of piperidine rings is 1. The Morgan fingerprint density at radius 1 is 1.41 bits per heavy atom. The predicted molar refractivity (Wildman–Crippen MR) is 119 cm³/mol. The highest BCUT2D eigenvalue weighted by molar-refractivity contribution is 9.10.